The first-order valence-electron chi connectivity index (χ1n) is 14.3. The fourth-order valence-corrected chi connectivity index (χ4v) is 6.28. The van der Waals surface area contributed by atoms with E-state index >= 15 is 0 Å². The Balaban J connectivity index is 1.73. The van der Waals surface area contributed by atoms with E-state index in [0.29, 0.717) is 11.8 Å². The van der Waals surface area contributed by atoms with Gasteiger partial charge in [-0.05, 0) is 41.5 Å². The lowest BCUT2D eigenvalue weighted by atomic mass is 9.92. The zero-order valence-electron chi connectivity index (χ0n) is 24.7. The van der Waals surface area contributed by atoms with Crippen LogP contribution in [0.4, 0.5) is 0 Å². The molecule has 0 unspecified atom stereocenters. The van der Waals surface area contributed by atoms with Crippen LogP contribution in [0.15, 0.2) is 97.2 Å². The van der Waals surface area contributed by atoms with Crippen molar-refractivity contribution < 1.29 is 13.7 Å². The summed E-state index contributed by atoms with van der Waals surface area (Å²) in [7, 11) is 6.54. The van der Waals surface area contributed by atoms with Crippen molar-refractivity contribution in [2.45, 2.75) is 39.5 Å². The van der Waals surface area contributed by atoms with Crippen LogP contribution >= 0.6 is 0 Å². The maximum Gasteiger partial charge on any atom is 0.360 e. The first kappa shape index (κ1) is 25.9. The lowest BCUT2D eigenvalue weighted by molar-refractivity contribution is -0.692. The Morgan fingerprint density at radius 1 is 0.600 bits per heavy atom. The number of pyridine rings is 2. The minimum absolute atomic E-state index is 0.392. The molecule has 0 amide bonds. The number of imidazole rings is 1. The standard InChI is InChI=1S/C36H39N4/c1-24(2)27-16-12-17-28(25(3)4)34(27)40-31-19-11-10-18-30(31)39(7)36(40)33-21-13-20-32(38(33)6)35-29-15-9-8-14-26(29)22-23-37(35)5/h8-25H,1-7H3/q+3. The maximum atomic E-state index is 2.52. The lowest BCUT2D eigenvalue weighted by Gasteiger charge is -2.18. The number of aromatic nitrogens is 4. The molecule has 0 aliphatic heterocycles. The SMILES string of the molecule is CC(C)c1cccc(C(C)C)c1-n1c(-c2cccc(-c3c4ccccc4cc[n+]3C)[n+]2C)[n+](C)c2ccccc21. The van der Waals surface area contributed by atoms with E-state index in [9.17, 15) is 0 Å². The Hall–Kier alpha value is -4.31. The average molecular weight is 528 g/mol. The van der Waals surface area contributed by atoms with Crippen molar-refractivity contribution in [3.63, 3.8) is 0 Å². The Kier molecular flexibility index (Phi) is 6.50. The number of aryl methyl sites for hydroxylation is 2. The molecule has 0 saturated heterocycles. The van der Waals surface area contributed by atoms with Crippen molar-refractivity contribution in [3.8, 4) is 28.6 Å². The number of benzene rings is 3. The third-order valence-corrected chi connectivity index (χ3v) is 8.33. The molecule has 0 fully saturated rings. The Morgan fingerprint density at radius 3 is 1.95 bits per heavy atom. The molecule has 0 radical (unpaired) electrons. The predicted octanol–water partition coefficient (Wildman–Crippen LogP) is 6.84. The van der Waals surface area contributed by atoms with Crippen LogP contribution in [0.5, 0.6) is 0 Å². The molecule has 6 rings (SSSR count). The van der Waals surface area contributed by atoms with Crippen LogP contribution in [0.1, 0.15) is 50.7 Å². The molecule has 0 spiro atoms. The van der Waals surface area contributed by atoms with Gasteiger partial charge in [0.2, 0.25) is 0 Å². The van der Waals surface area contributed by atoms with Crippen LogP contribution < -0.4 is 13.7 Å². The zero-order valence-corrected chi connectivity index (χ0v) is 24.7. The van der Waals surface area contributed by atoms with E-state index in [0.717, 1.165) is 5.69 Å². The van der Waals surface area contributed by atoms with Crippen molar-refractivity contribution in [2.75, 3.05) is 0 Å². The van der Waals surface area contributed by atoms with E-state index in [1.165, 1.54) is 55.8 Å². The Bertz CT molecular complexity index is 1870. The highest BCUT2D eigenvalue weighted by atomic mass is 15.2. The molecule has 40 heavy (non-hydrogen) atoms. The van der Waals surface area contributed by atoms with Crippen molar-refractivity contribution >= 4 is 21.8 Å². The van der Waals surface area contributed by atoms with Gasteiger partial charge in [0.05, 0.1) is 12.4 Å². The highest BCUT2D eigenvalue weighted by Crippen LogP contribution is 2.36. The molecular formula is C36H39N4+3. The average Bonchev–Trinajstić information content (AvgIpc) is 3.24. The fraction of sp³-hybridized carbons (Fsp3) is 0.250. The first-order valence-corrected chi connectivity index (χ1v) is 14.3. The van der Waals surface area contributed by atoms with Gasteiger partial charge in [-0.1, -0.05) is 76.2 Å². The first-order chi connectivity index (χ1) is 19.3. The number of hydrogen-bond acceptors (Lipinski definition) is 0. The van der Waals surface area contributed by atoms with Gasteiger partial charge in [0.15, 0.2) is 17.2 Å². The van der Waals surface area contributed by atoms with Crippen LogP contribution in [-0.2, 0) is 21.1 Å². The maximum absolute atomic E-state index is 2.52. The third kappa shape index (κ3) is 4.02. The van der Waals surface area contributed by atoms with Gasteiger partial charge in [-0.15, -0.1) is 0 Å². The molecule has 3 aromatic heterocycles. The molecule has 4 nitrogen and oxygen atoms in total. The molecule has 0 aliphatic carbocycles. The van der Waals surface area contributed by atoms with E-state index in [4.69, 9.17) is 0 Å². The van der Waals surface area contributed by atoms with E-state index < -0.39 is 0 Å². The minimum atomic E-state index is 0.392. The highest BCUT2D eigenvalue weighted by Gasteiger charge is 2.36. The van der Waals surface area contributed by atoms with Gasteiger partial charge < -0.3 is 0 Å². The Labute approximate surface area is 237 Å². The summed E-state index contributed by atoms with van der Waals surface area (Å²) in [5, 5.41) is 2.49. The molecular weight excluding hydrogens is 488 g/mol. The van der Waals surface area contributed by atoms with Gasteiger partial charge in [0.25, 0.3) is 17.1 Å². The summed E-state index contributed by atoms with van der Waals surface area (Å²) in [6.45, 7) is 9.20. The largest absolute Gasteiger partial charge is 0.360 e. The smallest absolute Gasteiger partial charge is 0.220 e. The summed E-state index contributed by atoms with van der Waals surface area (Å²) >= 11 is 0. The molecule has 0 aliphatic rings. The van der Waals surface area contributed by atoms with Crippen LogP contribution in [0.3, 0.4) is 0 Å². The van der Waals surface area contributed by atoms with E-state index in [2.05, 4.69) is 164 Å². The van der Waals surface area contributed by atoms with Gasteiger partial charge in [-0.2, -0.15) is 13.7 Å². The molecule has 0 bridgehead atoms. The number of hydrogen-bond donors (Lipinski definition) is 0. The number of fused-ring (bicyclic) bond motifs is 2. The zero-order chi connectivity index (χ0) is 28.1. The number of para-hydroxylation sites is 3. The van der Waals surface area contributed by atoms with Crippen molar-refractivity contribution in [2.24, 2.45) is 21.1 Å². The van der Waals surface area contributed by atoms with Gasteiger partial charge in [-0.3, -0.25) is 0 Å². The summed E-state index contributed by atoms with van der Waals surface area (Å²) in [5.41, 5.74) is 10.0. The van der Waals surface area contributed by atoms with E-state index in [-0.39, 0.29) is 0 Å². The summed E-state index contributed by atoms with van der Waals surface area (Å²) in [6, 6.07) is 33.2. The molecule has 6 aromatic rings. The van der Waals surface area contributed by atoms with Crippen LogP contribution in [-0.4, -0.2) is 4.57 Å². The van der Waals surface area contributed by atoms with Crippen LogP contribution in [0.2, 0.25) is 0 Å². The predicted molar refractivity (Wildman–Crippen MR) is 163 cm³/mol. The summed E-state index contributed by atoms with van der Waals surface area (Å²) in [4.78, 5) is 0. The summed E-state index contributed by atoms with van der Waals surface area (Å²) < 4.78 is 9.47. The molecule has 3 heterocycles. The normalized spacial score (nSPS) is 11.8. The minimum Gasteiger partial charge on any atom is -0.220 e. The van der Waals surface area contributed by atoms with Crippen molar-refractivity contribution in [1.29, 1.82) is 0 Å². The highest BCUT2D eigenvalue weighted by molar-refractivity contribution is 5.91. The quantitative estimate of drug-likeness (QED) is 0.218. The number of nitrogens with zero attached hydrogens (tertiary/aromatic N) is 4. The fourth-order valence-electron chi connectivity index (χ4n) is 6.28. The second-order valence-corrected chi connectivity index (χ2v) is 11.5. The summed E-state index contributed by atoms with van der Waals surface area (Å²) in [6.07, 6.45) is 2.16. The topological polar surface area (TPSA) is 16.6 Å². The number of rotatable bonds is 5. The molecule has 200 valence electrons. The monoisotopic (exact) mass is 527 g/mol. The lowest BCUT2D eigenvalue weighted by Crippen LogP contribution is -2.43. The summed E-state index contributed by atoms with van der Waals surface area (Å²) in [5.74, 6) is 1.95. The van der Waals surface area contributed by atoms with Crippen LogP contribution in [0, 0.1) is 0 Å². The van der Waals surface area contributed by atoms with Gasteiger partial charge in [0, 0.05) is 29.3 Å². The molecule has 0 N–H and O–H groups in total. The van der Waals surface area contributed by atoms with E-state index in [1.807, 2.05) is 0 Å². The van der Waals surface area contributed by atoms with Gasteiger partial charge in [-0.25, -0.2) is 4.57 Å². The van der Waals surface area contributed by atoms with Crippen LogP contribution in [0.25, 0.3) is 50.4 Å². The Morgan fingerprint density at radius 2 is 1.23 bits per heavy atom. The van der Waals surface area contributed by atoms with E-state index in [1.54, 1.807) is 0 Å². The molecule has 4 heteroatoms. The second kappa shape index (κ2) is 10.0. The molecule has 0 atom stereocenters. The third-order valence-electron chi connectivity index (χ3n) is 8.33. The van der Waals surface area contributed by atoms with Gasteiger partial charge in [0.1, 0.15) is 19.8 Å². The molecule has 3 aromatic carbocycles. The second-order valence-electron chi connectivity index (χ2n) is 11.5. The van der Waals surface area contributed by atoms with Crippen molar-refractivity contribution in [3.05, 3.63) is 108 Å². The molecule has 0 saturated carbocycles. The van der Waals surface area contributed by atoms with Gasteiger partial charge >= 0.3 is 5.82 Å². The van der Waals surface area contributed by atoms with Crippen molar-refractivity contribution in [1.82, 2.24) is 4.57 Å².